The lowest BCUT2D eigenvalue weighted by Gasteiger charge is -2.29. The van der Waals surface area contributed by atoms with E-state index in [1.165, 1.54) is 11.8 Å². The molecule has 1 aliphatic heterocycles. The van der Waals surface area contributed by atoms with Crippen LogP contribution in [0.2, 0.25) is 0 Å². The van der Waals surface area contributed by atoms with Crippen LogP contribution in [0, 0.1) is 13.8 Å². The summed E-state index contributed by atoms with van der Waals surface area (Å²) in [4.78, 5) is 14.7. The highest BCUT2D eigenvalue weighted by Crippen LogP contribution is 2.27. The zero-order valence-electron chi connectivity index (χ0n) is 16.5. The fourth-order valence-corrected chi connectivity index (χ4v) is 6.11. The summed E-state index contributed by atoms with van der Waals surface area (Å²) in [6.45, 7) is 8.17. The van der Waals surface area contributed by atoms with Gasteiger partial charge in [0.05, 0.1) is 22.4 Å². The van der Waals surface area contributed by atoms with Crippen LogP contribution in [0.5, 0.6) is 0 Å². The molecule has 8 nitrogen and oxygen atoms in total. The Morgan fingerprint density at radius 2 is 2.14 bits per heavy atom. The van der Waals surface area contributed by atoms with Gasteiger partial charge in [-0.05, 0) is 56.2 Å². The van der Waals surface area contributed by atoms with Crippen molar-refractivity contribution < 1.29 is 13.2 Å². The molecule has 0 aliphatic carbocycles. The monoisotopic (exact) mass is 423 g/mol. The van der Waals surface area contributed by atoms with Crippen molar-refractivity contribution >= 4 is 27.5 Å². The molecule has 152 valence electrons. The van der Waals surface area contributed by atoms with Crippen LogP contribution in [0.25, 0.3) is 5.69 Å². The van der Waals surface area contributed by atoms with Gasteiger partial charge in [-0.25, -0.2) is 8.42 Å². The molecular formula is C18H25N5O3S2. The van der Waals surface area contributed by atoms with Crippen LogP contribution in [-0.2, 0) is 14.6 Å². The van der Waals surface area contributed by atoms with Crippen molar-refractivity contribution in [3.63, 3.8) is 0 Å². The van der Waals surface area contributed by atoms with Crippen molar-refractivity contribution in [2.45, 2.75) is 50.6 Å². The largest absolute Gasteiger partial charge is 0.338 e. The number of hydrogen-bond acceptors (Lipinski definition) is 7. The van der Waals surface area contributed by atoms with Gasteiger partial charge in [-0.3, -0.25) is 4.79 Å². The number of rotatable bonds is 6. The Hall–Kier alpha value is -1.94. The van der Waals surface area contributed by atoms with Crippen molar-refractivity contribution in [1.29, 1.82) is 0 Å². The van der Waals surface area contributed by atoms with Gasteiger partial charge in [-0.2, -0.15) is 4.68 Å². The Labute approximate surface area is 169 Å². The van der Waals surface area contributed by atoms with E-state index in [2.05, 4.69) is 21.6 Å². The highest BCUT2D eigenvalue weighted by atomic mass is 32.2. The van der Waals surface area contributed by atoms with Crippen molar-refractivity contribution in [3.8, 4) is 5.69 Å². The van der Waals surface area contributed by atoms with Crippen LogP contribution in [-0.4, -0.2) is 68.8 Å². The Balaban J connectivity index is 1.77. The molecule has 2 heterocycles. The highest BCUT2D eigenvalue weighted by molar-refractivity contribution is 8.00. The molecule has 0 saturated carbocycles. The molecule has 10 heteroatoms. The summed E-state index contributed by atoms with van der Waals surface area (Å²) in [6.07, 6.45) is 0.500. The van der Waals surface area contributed by atoms with Crippen LogP contribution < -0.4 is 0 Å². The lowest BCUT2D eigenvalue weighted by atomic mass is 10.1. The first-order valence-corrected chi connectivity index (χ1v) is 12.0. The minimum absolute atomic E-state index is 0.0459. The number of tetrazole rings is 1. The Morgan fingerprint density at radius 1 is 1.39 bits per heavy atom. The van der Waals surface area contributed by atoms with E-state index in [9.17, 15) is 13.2 Å². The van der Waals surface area contributed by atoms with Gasteiger partial charge >= 0.3 is 0 Å². The van der Waals surface area contributed by atoms with Gasteiger partial charge in [0, 0.05) is 12.6 Å². The molecule has 1 fully saturated rings. The molecule has 1 saturated heterocycles. The van der Waals surface area contributed by atoms with Crippen molar-refractivity contribution in [1.82, 2.24) is 25.1 Å². The van der Waals surface area contributed by atoms with Gasteiger partial charge in [0.1, 0.15) is 0 Å². The average Bonchev–Trinajstić information content (AvgIpc) is 3.22. The maximum atomic E-state index is 13.0. The molecule has 2 aromatic rings. The third-order valence-corrected chi connectivity index (χ3v) is 7.70. The summed E-state index contributed by atoms with van der Waals surface area (Å²) in [6, 6.07) is 5.76. The van der Waals surface area contributed by atoms with E-state index in [1.807, 2.05) is 32.9 Å². The van der Waals surface area contributed by atoms with Gasteiger partial charge in [0.2, 0.25) is 11.1 Å². The third-order valence-electron chi connectivity index (χ3n) is 4.92. The first-order valence-electron chi connectivity index (χ1n) is 9.25. The Morgan fingerprint density at radius 3 is 2.75 bits per heavy atom. The van der Waals surface area contributed by atoms with Gasteiger partial charge in [-0.15, -0.1) is 5.10 Å². The number of nitrogens with zero attached hydrogens (tertiary/aromatic N) is 5. The zero-order valence-corrected chi connectivity index (χ0v) is 18.1. The molecule has 28 heavy (non-hydrogen) atoms. The lowest BCUT2D eigenvalue weighted by Crippen LogP contribution is -2.44. The van der Waals surface area contributed by atoms with Crippen LogP contribution in [0.1, 0.15) is 31.4 Å². The van der Waals surface area contributed by atoms with Gasteiger partial charge in [0.25, 0.3) is 0 Å². The van der Waals surface area contributed by atoms with E-state index >= 15 is 0 Å². The fraction of sp³-hybridized carbons (Fsp3) is 0.556. The van der Waals surface area contributed by atoms with E-state index < -0.39 is 15.1 Å². The molecule has 0 radical (unpaired) electrons. The number of hydrogen-bond donors (Lipinski definition) is 0. The van der Waals surface area contributed by atoms with E-state index in [4.69, 9.17) is 0 Å². The highest BCUT2D eigenvalue weighted by Gasteiger charge is 2.35. The van der Waals surface area contributed by atoms with Crippen molar-refractivity contribution in [3.05, 3.63) is 29.3 Å². The second-order valence-corrected chi connectivity index (χ2v) is 10.6. The summed E-state index contributed by atoms with van der Waals surface area (Å²) in [5.74, 6) is 0.0998. The summed E-state index contributed by atoms with van der Waals surface area (Å²) >= 11 is 1.28. The lowest BCUT2D eigenvalue weighted by molar-refractivity contribution is -0.131. The number of aryl methyl sites for hydroxylation is 2. The number of carbonyl (C=O) groups excluding carboxylic acids is 1. The smallest absolute Gasteiger partial charge is 0.236 e. The SMILES string of the molecule is CCN(C(=O)[C@H](C)Sc1nnnn1-c1ccc(C)cc1C)[C@H]1CCS(=O)(=O)C1. The van der Waals surface area contributed by atoms with Crippen LogP contribution in [0.3, 0.4) is 0 Å². The van der Waals surface area contributed by atoms with Gasteiger partial charge in [0.15, 0.2) is 9.84 Å². The van der Waals surface area contributed by atoms with E-state index in [1.54, 1.807) is 16.5 Å². The standard InChI is InChI=1S/C18H25N5O3S2/c1-5-22(15-8-9-28(25,26)11-15)17(24)14(4)27-18-19-20-21-23(18)16-7-6-12(2)10-13(16)3/h6-7,10,14-15H,5,8-9,11H2,1-4H3/t14-,15-/m0/s1. The molecular weight excluding hydrogens is 398 g/mol. The molecule has 2 atom stereocenters. The van der Waals surface area contributed by atoms with Crippen LogP contribution in [0.4, 0.5) is 0 Å². The summed E-state index contributed by atoms with van der Waals surface area (Å²) in [5.41, 5.74) is 3.06. The molecule has 1 aromatic heterocycles. The normalized spacial score (nSPS) is 19.5. The number of amides is 1. The molecule has 0 bridgehead atoms. The topological polar surface area (TPSA) is 98.1 Å². The van der Waals surface area contributed by atoms with E-state index in [0.717, 1.165) is 16.8 Å². The summed E-state index contributed by atoms with van der Waals surface area (Å²) < 4.78 is 25.2. The minimum atomic E-state index is -3.05. The Bertz CT molecular complexity index is 973. The summed E-state index contributed by atoms with van der Waals surface area (Å²) in [7, 11) is -3.05. The van der Waals surface area contributed by atoms with Crippen LogP contribution in [0.15, 0.2) is 23.4 Å². The molecule has 0 N–H and O–H groups in total. The molecule has 1 amide bonds. The summed E-state index contributed by atoms with van der Waals surface area (Å²) in [5, 5.41) is 12.0. The first kappa shape index (κ1) is 20.8. The zero-order chi connectivity index (χ0) is 20.5. The molecule has 3 rings (SSSR count). The molecule has 1 aliphatic rings. The number of sulfone groups is 1. The molecule has 0 spiro atoms. The molecule has 1 aromatic carbocycles. The quantitative estimate of drug-likeness (QED) is 0.653. The second-order valence-electron chi connectivity index (χ2n) is 7.10. The first-order chi connectivity index (χ1) is 13.2. The predicted octanol–water partition coefficient (Wildman–Crippen LogP) is 1.80. The Kier molecular flexibility index (Phi) is 6.09. The van der Waals surface area contributed by atoms with E-state index in [-0.39, 0.29) is 23.5 Å². The fourth-order valence-electron chi connectivity index (χ4n) is 3.50. The number of benzene rings is 1. The second kappa shape index (κ2) is 8.20. The number of carbonyl (C=O) groups is 1. The van der Waals surface area contributed by atoms with Gasteiger partial charge < -0.3 is 4.90 Å². The maximum Gasteiger partial charge on any atom is 0.236 e. The third kappa shape index (κ3) is 4.38. The van der Waals surface area contributed by atoms with Gasteiger partial charge in [-0.1, -0.05) is 29.5 Å². The predicted molar refractivity (Wildman–Crippen MR) is 108 cm³/mol. The van der Waals surface area contributed by atoms with Crippen molar-refractivity contribution in [2.24, 2.45) is 0 Å². The maximum absolute atomic E-state index is 13.0. The minimum Gasteiger partial charge on any atom is -0.338 e. The number of thioether (sulfide) groups is 1. The van der Waals surface area contributed by atoms with Crippen molar-refractivity contribution in [2.75, 3.05) is 18.1 Å². The molecule has 0 unspecified atom stereocenters. The van der Waals surface area contributed by atoms with E-state index in [0.29, 0.717) is 18.1 Å². The number of aromatic nitrogens is 4. The van der Waals surface area contributed by atoms with Crippen LogP contribution >= 0.6 is 11.8 Å². The average molecular weight is 424 g/mol.